The minimum Gasteiger partial charge on any atom is -0.477 e. The van der Waals surface area contributed by atoms with Gasteiger partial charge in [0, 0.05) is 11.1 Å². The average Bonchev–Trinajstić information content (AvgIpc) is 3.12. The number of hydrogen-bond donors (Lipinski definition) is 1. The van der Waals surface area contributed by atoms with Gasteiger partial charge in [0.25, 0.3) is 0 Å². The van der Waals surface area contributed by atoms with E-state index in [0.29, 0.717) is 22.8 Å². The van der Waals surface area contributed by atoms with Gasteiger partial charge in [-0.3, -0.25) is 0 Å². The quantitative estimate of drug-likeness (QED) is 0.501. The first-order chi connectivity index (χ1) is 11.4. The van der Waals surface area contributed by atoms with Crippen molar-refractivity contribution in [2.24, 2.45) is 16.8 Å². The molecule has 2 aliphatic rings. The lowest BCUT2D eigenvalue weighted by molar-refractivity contribution is 0.167. The summed E-state index contributed by atoms with van der Waals surface area (Å²) >= 11 is 5.78. The number of ether oxygens (including phenoxy) is 1. The molecule has 3 atom stereocenters. The van der Waals surface area contributed by atoms with Crippen molar-refractivity contribution in [3.05, 3.63) is 29.0 Å². The fourth-order valence-electron chi connectivity index (χ4n) is 3.87. The summed E-state index contributed by atoms with van der Waals surface area (Å²) in [5.74, 6) is 1.39. The smallest absolute Gasteiger partial charge is 0.207 e. The van der Waals surface area contributed by atoms with E-state index < -0.39 is 11.4 Å². The molecule has 128 valence electrons. The van der Waals surface area contributed by atoms with Gasteiger partial charge < -0.3 is 10.1 Å². The third-order valence-electron chi connectivity index (χ3n) is 5.05. The second kappa shape index (κ2) is 6.60. The normalized spacial score (nSPS) is 26.3. The standard InChI is InChI=1S/C18H21ClFN3O/c1-18(2,24-16-6-5-13(19)9-14(16)20)17(22-10-21)23-15-8-11-3-4-12(15)7-11/h5-6,9,11-12,15H,3-4,7-8H2,1-2H3,(H,22,23). The third-order valence-corrected chi connectivity index (χ3v) is 5.29. The lowest BCUT2D eigenvalue weighted by Gasteiger charge is -2.32. The fourth-order valence-corrected chi connectivity index (χ4v) is 4.03. The summed E-state index contributed by atoms with van der Waals surface area (Å²) in [6.07, 6.45) is 6.68. The predicted molar refractivity (Wildman–Crippen MR) is 91.5 cm³/mol. The van der Waals surface area contributed by atoms with Crippen LogP contribution in [-0.2, 0) is 0 Å². The molecule has 2 aliphatic carbocycles. The summed E-state index contributed by atoms with van der Waals surface area (Å²) in [5.41, 5.74) is -0.952. The lowest BCUT2D eigenvalue weighted by Crippen LogP contribution is -2.51. The van der Waals surface area contributed by atoms with Crippen LogP contribution < -0.4 is 10.1 Å². The van der Waals surface area contributed by atoms with Crippen LogP contribution in [0.15, 0.2) is 23.2 Å². The maximum atomic E-state index is 14.0. The van der Waals surface area contributed by atoms with Gasteiger partial charge in [-0.1, -0.05) is 18.0 Å². The number of benzene rings is 1. The molecule has 0 spiro atoms. The molecule has 1 aromatic rings. The average molecular weight is 350 g/mol. The Morgan fingerprint density at radius 2 is 2.21 bits per heavy atom. The first kappa shape index (κ1) is 17.0. The van der Waals surface area contributed by atoms with E-state index in [4.69, 9.17) is 21.6 Å². The largest absolute Gasteiger partial charge is 0.477 e. The monoisotopic (exact) mass is 349 g/mol. The highest BCUT2D eigenvalue weighted by Gasteiger charge is 2.41. The molecular formula is C18H21ClFN3O. The molecule has 0 saturated heterocycles. The van der Waals surface area contributed by atoms with Crippen molar-refractivity contribution in [2.45, 2.75) is 51.2 Å². The number of aliphatic imine (C=N–C) groups is 1. The first-order valence-corrected chi connectivity index (χ1v) is 8.64. The Morgan fingerprint density at radius 3 is 2.79 bits per heavy atom. The number of rotatable bonds is 4. The Hall–Kier alpha value is -1.80. The van der Waals surface area contributed by atoms with E-state index in [-0.39, 0.29) is 5.75 Å². The molecule has 6 heteroatoms. The van der Waals surface area contributed by atoms with E-state index in [1.54, 1.807) is 19.9 Å². The maximum Gasteiger partial charge on any atom is 0.207 e. The third kappa shape index (κ3) is 3.49. The molecule has 0 aliphatic heterocycles. The Labute approximate surface area is 146 Å². The van der Waals surface area contributed by atoms with Crippen LogP contribution >= 0.6 is 11.6 Å². The van der Waals surface area contributed by atoms with E-state index in [1.807, 2.05) is 6.19 Å². The molecule has 1 aromatic carbocycles. The van der Waals surface area contributed by atoms with E-state index in [0.717, 1.165) is 12.3 Å². The topological polar surface area (TPSA) is 57.4 Å². The SMILES string of the molecule is CC(C)(Oc1ccc(Cl)cc1F)C(=NC#N)NC1CC2CCC1C2. The van der Waals surface area contributed by atoms with Crippen molar-refractivity contribution in [3.8, 4) is 11.9 Å². The van der Waals surface area contributed by atoms with Crippen LogP contribution in [-0.4, -0.2) is 17.5 Å². The van der Waals surface area contributed by atoms with Crippen LogP contribution in [0.2, 0.25) is 5.02 Å². The molecule has 2 saturated carbocycles. The Balaban J connectivity index is 1.76. The van der Waals surface area contributed by atoms with Gasteiger partial charge in [0.1, 0.15) is 0 Å². The molecule has 0 amide bonds. The summed E-state index contributed by atoms with van der Waals surface area (Å²) in [5, 5.41) is 12.7. The van der Waals surface area contributed by atoms with E-state index in [1.165, 1.54) is 31.4 Å². The van der Waals surface area contributed by atoms with Crippen molar-refractivity contribution < 1.29 is 9.13 Å². The van der Waals surface area contributed by atoms with Crippen LogP contribution in [0.5, 0.6) is 5.75 Å². The van der Waals surface area contributed by atoms with Gasteiger partial charge >= 0.3 is 0 Å². The van der Waals surface area contributed by atoms with E-state index in [9.17, 15) is 4.39 Å². The number of nitrogens with zero attached hydrogens (tertiary/aromatic N) is 2. The lowest BCUT2D eigenvalue weighted by atomic mass is 9.94. The van der Waals surface area contributed by atoms with Crippen molar-refractivity contribution in [1.82, 2.24) is 5.32 Å². The van der Waals surface area contributed by atoms with Crippen molar-refractivity contribution in [2.75, 3.05) is 0 Å². The highest BCUT2D eigenvalue weighted by atomic mass is 35.5. The first-order valence-electron chi connectivity index (χ1n) is 8.27. The van der Waals surface area contributed by atoms with Gasteiger partial charge in [0.2, 0.25) is 6.19 Å². The molecule has 4 nitrogen and oxygen atoms in total. The van der Waals surface area contributed by atoms with Gasteiger partial charge in [0.05, 0.1) is 0 Å². The highest BCUT2D eigenvalue weighted by molar-refractivity contribution is 6.30. The summed E-state index contributed by atoms with van der Waals surface area (Å²) in [6, 6.07) is 4.58. The van der Waals surface area contributed by atoms with Gasteiger partial charge in [-0.15, -0.1) is 0 Å². The molecule has 1 N–H and O–H groups in total. The van der Waals surface area contributed by atoms with Crippen molar-refractivity contribution >= 4 is 17.4 Å². The highest BCUT2D eigenvalue weighted by Crippen LogP contribution is 2.44. The zero-order valence-corrected chi connectivity index (χ0v) is 14.6. The fraction of sp³-hybridized carbons (Fsp3) is 0.556. The minimum atomic E-state index is -0.952. The Morgan fingerprint density at radius 1 is 1.42 bits per heavy atom. The summed E-state index contributed by atoms with van der Waals surface area (Å²) in [4.78, 5) is 3.92. The Kier molecular flexibility index (Phi) is 4.69. The second-order valence-electron chi connectivity index (χ2n) is 7.17. The van der Waals surface area contributed by atoms with Crippen LogP contribution in [0.3, 0.4) is 0 Å². The maximum absolute atomic E-state index is 14.0. The zero-order valence-electron chi connectivity index (χ0n) is 13.9. The van der Waals surface area contributed by atoms with Gasteiger partial charge in [-0.05, 0) is 63.1 Å². The molecule has 24 heavy (non-hydrogen) atoms. The summed E-state index contributed by atoms with van der Waals surface area (Å²) in [6.45, 7) is 3.55. The molecular weight excluding hydrogens is 329 g/mol. The van der Waals surface area contributed by atoms with Crippen LogP contribution in [0, 0.1) is 29.1 Å². The molecule has 2 bridgehead atoms. The molecule has 0 heterocycles. The molecule has 0 aromatic heterocycles. The molecule has 0 radical (unpaired) electrons. The predicted octanol–water partition coefficient (Wildman–Crippen LogP) is 4.29. The minimum absolute atomic E-state index is 0.0878. The van der Waals surface area contributed by atoms with Crippen molar-refractivity contribution in [1.29, 1.82) is 5.26 Å². The number of halogens is 2. The van der Waals surface area contributed by atoms with Crippen LogP contribution in [0.25, 0.3) is 0 Å². The van der Waals surface area contributed by atoms with E-state index >= 15 is 0 Å². The molecule has 3 rings (SSSR count). The van der Waals surface area contributed by atoms with E-state index in [2.05, 4.69) is 10.3 Å². The number of amidine groups is 1. The second-order valence-corrected chi connectivity index (χ2v) is 7.61. The summed E-state index contributed by atoms with van der Waals surface area (Å²) < 4.78 is 19.8. The summed E-state index contributed by atoms with van der Waals surface area (Å²) in [7, 11) is 0. The van der Waals surface area contributed by atoms with Crippen LogP contribution in [0.1, 0.15) is 39.5 Å². The Bertz CT molecular complexity index is 698. The van der Waals surface area contributed by atoms with Crippen LogP contribution in [0.4, 0.5) is 4.39 Å². The molecule has 2 fully saturated rings. The number of hydrogen-bond acceptors (Lipinski definition) is 3. The van der Waals surface area contributed by atoms with Gasteiger partial charge in [-0.2, -0.15) is 10.3 Å². The van der Waals surface area contributed by atoms with Crippen molar-refractivity contribution in [3.63, 3.8) is 0 Å². The molecule has 3 unspecified atom stereocenters. The number of fused-ring (bicyclic) bond motifs is 2. The van der Waals surface area contributed by atoms with Gasteiger partial charge in [0.15, 0.2) is 23.0 Å². The zero-order chi connectivity index (χ0) is 17.3. The number of nitriles is 1. The van der Waals surface area contributed by atoms with Gasteiger partial charge in [-0.25, -0.2) is 4.39 Å². The number of nitrogens with one attached hydrogen (secondary N) is 1.